The van der Waals surface area contributed by atoms with Crippen molar-refractivity contribution in [1.82, 2.24) is 15.1 Å². The number of hydrogen-bond acceptors (Lipinski definition) is 3. The number of carbonyl (C=O) groups excluding carboxylic acids is 1. The molecule has 1 aromatic heterocycles. The van der Waals surface area contributed by atoms with Crippen molar-refractivity contribution in [1.29, 1.82) is 0 Å². The Balaban J connectivity index is 2.03. The molecule has 0 fully saturated rings. The van der Waals surface area contributed by atoms with Gasteiger partial charge in [-0.1, -0.05) is 12.1 Å². The van der Waals surface area contributed by atoms with E-state index < -0.39 is 0 Å². The van der Waals surface area contributed by atoms with Crippen LogP contribution in [0.15, 0.2) is 36.7 Å². The zero-order valence-corrected chi connectivity index (χ0v) is 11.1. The second-order valence-electron chi connectivity index (χ2n) is 4.13. The number of aromatic nitrogens is 2. The average Bonchev–Trinajstić information content (AvgIpc) is 2.83. The summed E-state index contributed by atoms with van der Waals surface area (Å²) in [4.78, 5) is 12.1. The number of benzene rings is 1. The highest BCUT2D eigenvalue weighted by molar-refractivity contribution is 5.96. The summed E-state index contributed by atoms with van der Waals surface area (Å²) in [5, 5.41) is 6.91. The summed E-state index contributed by atoms with van der Waals surface area (Å²) in [6.07, 6.45) is 3.60. The van der Waals surface area contributed by atoms with Gasteiger partial charge in [-0.15, -0.1) is 0 Å². The number of aryl methyl sites for hydroxylation is 1. The summed E-state index contributed by atoms with van der Waals surface area (Å²) in [5.41, 5.74) is 1.51. The Morgan fingerprint density at radius 2 is 2.21 bits per heavy atom. The summed E-state index contributed by atoms with van der Waals surface area (Å²) in [7, 11) is 1.84. The van der Waals surface area contributed by atoms with Crippen LogP contribution < -0.4 is 10.1 Å². The largest absolute Gasteiger partial charge is 0.493 e. The van der Waals surface area contributed by atoms with E-state index in [4.69, 9.17) is 4.74 Å². The number of carbonyl (C=O) groups is 1. The summed E-state index contributed by atoms with van der Waals surface area (Å²) < 4.78 is 7.14. The van der Waals surface area contributed by atoms with Gasteiger partial charge in [-0.05, 0) is 19.1 Å². The molecule has 0 aliphatic heterocycles. The van der Waals surface area contributed by atoms with Gasteiger partial charge < -0.3 is 10.1 Å². The fourth-order valence-corrected chi connectivity index (χ4v) is 1.78. The van der Waals surface area contributed by atoms with Crippen LogP contribution in [0.5, 0.6) is 5.75 Å². The molecule has 100 valence electrons. The Labute approximate surface area is 112 Å². The Hall–Kier alpha value is -2.30. The van der Waals surface area contributed by atoms with Gasteiger partial charge in [0.05, 0.1) is 18.4 Å². The van der Waals surface area contributed by atoms with E-state index in [1.807, 2.05) is 32.3 Å². The lowest BCUT2D eigenvalue weighted by Crippen LogP contribution is -2.23. The molecule has 0 unspecified atom stereocenters. The molecule has 0 saturated heterocycles. The number of rotatable bonds is 5. The van der Waals surface area contributed by atoms with Crippen LogP contribution in [0.2, 0.25) is 0 Å². The first-order valence-corrected chi connectivity index (χ1v) is 6.18. The van der Waals surface area contributed by atoms with Crippen LogP contribution in [-0.2, 0) is 13.6 Å². The van der Waals surface area contributed by atoms with Crippen molar-refractivity contribution in [2.45, 2.75) is 13.5 Å². The van der Waals surface area contributed by atoms with Gasteiger partial charge in [-0.25, -0.2) is 0 Å². The first kappa shape index (κ1) is 13.1. The fraction of sp³-hybridized carbons (Fsp3) is 0.286. The zero-order valence-electron chi connectivity index (χ0n) is 11.1. The molecule has 1 aromatic carbocycles. The molecule has 0 spiro atoms. The van der Waals surface area contributed by atoms with E-state index in [1.165, 1.54) is 0 Å². The van der Waals surface area contributed by atoms with Crippen molar-refractivity contribution in [3.63, 3.8) is 0 Å². The maximum Gasteiger partial charge on any atom is 0.255 e. The van der Waals surface area contributed by atoms with Crippen LogP contribution in [0.3, 0.4) is 0 Å². The standard InChI is InChI=1S/C14H17N3O2/c1-3-19-13-7-5-4-6-12(13)14(18)15-8-11-9-16-17(2)10-11/h4-7,9-10H,3,8H2,1-2H3,(H,15,18). The summed E-state index contributed by atoms with van der Waals surface area (Å²) in [5.74, 6) is 0.460. The molecule has 0 aliphatic rings. The van der Waals surface area contributed by atoms with Crippen molar-refractivity contribution in [3.8, 4) is 5.75 Å². The number of para-hydroxylation sites is 1. The number of amides is 1. The van der Waals surface area contributed by atoms with Gasteiger partial charge in [0.15, 0.2) is 0 Å². The molecule has 5 nitrogen and oxygen atoms in total. The lowest BCUT2D eigenvalue weighted by molar-refractivity contribution is 0.0947. The number of ether oxygens (including phenoxy) is 1. The highest BCUT2D eigenvalue weighted by Crippen LogP contribution is 2.17. The molecular formula is C14H17N3O2. The Kier molecular flexibility index (Phi) is 4.18. The molecule has 1 N–H and O–H groups in total. The zero-order chi connectivity index (χ0) is 13.7. The molecular weight excluding hydrogens is 242 g/mol. The van der Waals surface area contributed by atoms with Crippen molar-refractivity contribution in [2.75, 3.05) is 6.61 Å². The second-order valence-corrected chi connectivity index (χ2v) is 4.13. The minimum atomic E-state index is -0.145. The normalized spacial score (nSPS) is 10.2. The van der Waals surface area contributed by atoms with Gasteiger partial charge in [-0.2, -0.15) is 5.10 Å². The highest BCUT2D eigenvalue weighted by atomic mass is 16.5. The van der Waals surface area contributed by atoms with Gasteiger partial charge in [0.1, 0.15) is 5.75 Å². The molecule has 2 aromatic rings. The third-order valence-electron chi connectivity index (χ3n) is 2.64. The molecule has 19 heavy (non-hydrogen) atoms. The van der Waals surface area contributed by atoms with Gasteiger partial charge >= 0.3 is 0 Å². The van der Waals surface area contributed by atoms with Gasteiger partial charge in [0.25, 0.3) is 5.91 Å². The van der Waals surface area contributed by atoms with Crippen LogP contribution in [0, 0.1) is 0 Å². The smallest absolute Gasteiger partial charge is 0.255 e. The lowest BCUT2D eigenvalue weighted by atomic mass is 10.2. The molecule has 0 radical (unpaired) electrons. The second kappa shape index (κ2) is 6.04. The average molecular weight is 259 g/mol. The molecule has 2 rings (SSSR count). The third-order valence-corrected chi connectivity index (χ3v) is 2.64. The maximum atomic E-state index is 12.1. The van der Waals surface area contributed by atoms with Gasteiger partial charge in [0, 0.05) is 25.4 Å². The van der Waals surface area contributed by atoms with E-state index in [1.54, 1.807) is 23.0 Å². The minimum absolute atomic E-state index is 0.145. The predicted octanol–water partition coefficient (Wildman–Crippen LogP) is 1.75. The summed E-state index contributed by atoms with van der Waals surface area (Å²) in [6, 6.07) is 7.22. The first-order valence-electron chi connectivity index (χ1n) is 6.18. The molecule has 0 saturated carbocycles. The topological polar surface area (TPSA) is 56.1 Å². The molecule has 0 atom stereocenters. The van der Waals surface area contributed by atoms with Crippen LogP contribution in [-0.4, -0.2) is 22.3 Å². The summed E-state index contributed by atoms with van der Waals surface area (Å²) in [6.45, 7) is 2.88. The van der Waals surface area contributed by atoms with Crippen molar-refractivity contribution in [3.05, 3.63) is 47.8 Å². The summed E-state index contributed by atoms with van der Waals surface area (Å²) >= 11 is 0. The fourth-order valence-electron chi connectivity index (χ4n) is 1.78. The molecule has 1 heterocycles. The van der Waals surface area contributed by atoms with Gasteiger partial charge in [-0.3, -0.25) is 9.48 Å². The monoisotopic (exact) mass is 259 g/mol. The van der Waals surface area contributed by atoms with Crippen molar-refractivity contribution < 1.29 is 9.53 Å². The number of hydrogen-bond donors (Lipinski definition) is 1. The van der Waals surface area contributed by atoms with E-state index in [-0.39, 0.29) is 5.91 Å². The third kappa shape index (κ3) is 3.34. The Bertz CT molecular complexity index is 563. The predicted molar refractivity (Wildman–Crippen MR) is 72.0 cm³/mol. The first-order chi connectivity index (χ1) is 9.20. The minimum Gasteiger partial charge on any atom is -0.493 e. The van der Waals surface area contributed by atoms with Crippen molar-refractivity contribution >= 4 is 5.91 Å². The number of nitrogens with zero attached hydrogens (tertiary/aromatic N) is 2. The molecule has 1 amide bonds. The van der Waals surface area contributed by atoms with Crippen LogP contribution in [0.1, 0.15) is 22.8 Å². The SMILES string of the molecule is CCOc1ccccc1C(=O)NCc1cnn(C)c1. The Morgan fingerprint density at radius 3 is 2.89 bits per heavy atom. The number of nitrogens with one attached hydrogen (secondary N) is 1. The van der Waals surface area contributed by atoms with E-state index >= 15 is 0 Å². The van der Waals surface area contributed by atoms with Gasteiger partial charge in [0.2, 0.25) is 0 Å². The Morgan fingerprint density at radius 1 is 1.42 bits per heavy atom. The lowest BCUT2D eigenvalue weighted by Gasteiger charge is -2.09. The molecule has 0 aliphatic carbocycles. The van der Waals surface area contributed by atoms with E-state index in [0.29, 0.717) is 24.5 Å². The quantitative estimate of drug-likeness (QED) is 0.890. The van der Waals surface area contributed by atoms with E-state index in [9.17, 15) is 4.79 Å². The van der Waals surface area contributed by atoms with Crippen molar-refractivity contribution in [2.24, 2.45) is 7.05 Å². The van der Waals surface area contributed by atoms with Crippen LogP contribution in [0.4, 0.5) is 0 Å². The maximum absolute atomic E-state index is 12.1. The van der Waals surface area contributed by atoms with E-state index in [2.05, 4.69) is 10.4 Å². The van der Waals surface area contributed by atoms with Crippen LogP contribution in [0.25, 0.3) is 0 Å². The molecule has 0 bridgehead atoms. The molecule has 5 heteroatoms. The van der Waals surface area contributed by atoms with E-state index in [0.717, 1.165) is 5.56 Å². The van der Waals surface area contributed by atoms with Crippen LogP contribution >= 0.6 is 0 Å². The highest BCUT2D eigenvalue weighted by Gasteiger charge is 2.11.